The molecule has 0 aliphatic rings. The van der Waals surface area contributed by atoms with E-state index in [-0.39, 0.29) is 23.5 Å². The molecule has 5 heteroatoms. The Morgan fingerprint density at radius 2 is 1.70 bits per heavy atom. The number of hydrogen-bond acceptors (Lipinski definition) is 4. The van der Waals surface area contributed by atoms with E-state index in [1.165, 1.54) is 7.11 Å². The summed E-state index contributed by atoms with van der Waals surface area (Å²) in [5.74, 6) is -0.566. The van der Waals surface area contributed by atoms with Crippen LogP contribution in [0.15, 0.2) is 24.3 Å². The first-order chi connectivity index (χ1) is 10.8. The number of carbonyl (C=O) groups is 2. The zero-order chi connectivity index (χ0) is 17.6. The summed E-state index contributed by atoms with van der Waals surface area (Å²) < 4.78 is 4.79. The molecule has 0 saturated carbocycles. The van der Waals surface area contributed by atoms with Crippen LogP contribution in [-0.2, 0) is 14.3 Å². The van der Waals surface area contributed by atoms with Gasteiger partial charge >= 0.3 is 5.97 Å². The topological polar surface area (TPSA) is 75.6 Å². The third-order valence-corrected chi connectivity index (χ3v) is 3.71. The normalized spacial score (nSPS) is 13.7. The number of rotatable bonds is 7. The molecule has 0 aliphatic carbocycles. The van der Waals surface area contributed by atoms with E-state index in [9.17, 15) is 14.7 Å². The van der Waals surface area contributed by atoms with Crippen LogP contribution in [0.5, 0.6) is 5.75 Å². The molecule has 0 radical (unpaired) electrons. The second kappa shape index (κ2) is 8.56. The number of phenols is 1. The molecule has 1 rings (SSSR count). The summed E-state index contributed by atoms with van der Waals surface area (Å²) >= 11 is 0. The number of ether oxygens (including phenoxy) is 1. The number of aromatic hydroxyl groups is 1. The highest BCUT2D eigenvalue weighted by Gasteiger charge is 2.29. The fourth-order valence-electron chi connectivity index (χ4n) is 2.61. The van der Waals surface area contributed by atoms with E-state index >= 15 is 0 Å². The second-order valence-corrected chi connectivity index (χ2v) is 6.53. The molecule has 2 atom stereocenters. The van der Waals surface area contributed by atoms with Crippen molar-refractivity contribution >= 4 is 11.9 Å². The average molecular weight is 321 g/mol. The quantitative estimate of drug-likeness (QED) is 0.757. The van der Waals surface area contributed by atoms with Crippen LogP contribution in [0.2, 0.25) is 0 Å². The molecular weight excluding hydrogens is 294 g/mol. The molecule has 0 saturated heterocycles. The Hall–Kier alpha value is -2.04. The molecule has 5 nitrogen and oxygen atoms in total. The monoisotopic (exact) mass is 321 g/mol. The zero-order valence-electron chi connectivity index (χ0n) is 14.5. The number of methoxy groups -OCH3 is 1. The van der Waals surface area contributed by atoms with Gasteiger partial charge in [0.1, 0.15) is 11.8 Å². The Labute approximate surface area is 138 Å². The van der Waals surface area contributed by atoms with Crippen LogP contribution in [-0.4, -0.2) is 30.1 Å². The van der Waals surface area contributed by atoms with Gasteiger partial charge < -0.3 is 15.2 Å². The van der Waals surface area contributed by atoms with Gasteiger partial charge in [-0.25, -0.2) is 4.79 Å². The fourth-order valence-corrected chi connectivity index (χ4v) is 2.61. The van der Waals surface area contributed by atoms with Crippen molar-refractivity contribution in [1.82, 2.24) is 5.32 Å². The van der Waals surface area contributed by atoms with Gasteiger partial charge in [-0.05, 0) is 36.0 Å². The summed E-state index contributed by atoms with van der Waals surface area (Å²) in [6.07, 6.45) is 0.527. The zero-order valence-corrected chi connectivity index (χ0v) is 14.5. The Morgan fingerprint density at radius 1 is 1.13 bits per heavy atom. The van der Waals surface area contributed by atoms with Gasteiger partial charge in [0.05, 0.1) is 13.0 Å². The van der Waals surface area contributed by atoms with Crippen molar-refractivity contribution in [2.75, 3.05) is 7.11 Å². The molecule has 1 aromatic rings. The molecule has 1 aromatic carbocycles. The molecule has 0 heterocycles. The SMILES string of the molecule is COC(=O)[C@H](CC(C)C)NC(=O)[C@@H](c1ccc(O)cc1)C(C)C. The predicted molar refractivity (Wildman–Crippen MR) is 89.1 cm³/mol. The van der Waals surface area contributed by atoms with E-state index < -0.39 is 17.9 Å². The van der Waals surface area contributed by atoms with Crippen LogP contribution in [0.1, 0.15) is 45.6 Å². The number of nitrogens with one attached hydrogen (secondary N) is 1. The van der Waals surface area contributed by atoms with Crippen molar-refractivity contribution in [3.05, 3.63) is 29.8 Å². The maximum atomic E-state index is 12.7. The van der Waals surface area contributed by atoms with E-state index in [1.807, 2.05) is 27.7 Å². The number of phenolic OH excluding ortho intramolecular Hbond substituents is 1. The first-order valence-corrected chi connectivity index (χ1v) is 7.93. The highest BCUT2D eigenvalue weighted by atomic mass is 16.5. The van der Waals surface area contributed by atoms with E-state index in [2.05, 4.69) is 5.32 Å². The summed E-state index contributed by atoms with van der Waals surface area (Å²) in [6, 6.07) is 5.93. The molecule has 23 heavy (non-hydrogen) atoms. The molecule has 128 valence electrons. The third kappa shape index (κ3) is 5.58. The Balaban J connectivity index is 2.96. The number of hydrogen-bond donors (Lipinski definition) is 2. The van der Waals surface area contributed by atoms with E-state index in [0.717, 1.165) is 5.56 Å². The minimum Gasteiger partial charge on any atom is -0.508 e. The molecule has 0 aromatic heterocycles. The molecule has 1 amide bonds. The summed E-state index contributed by atoms with van der Waals surface area (Å²) in [6.45, 7) is 7.88. The van der Waals surface area contributed by atoms with E-state index in [4.69, 9.17) is 4.74 Å². The maximum Gasteiger partial charge on any atom is 0.328 e. The first-order valence-electron chi connectivity index (χ1n) is 7.93. The largest absolute Gasteiger partial charge is 0.508 e. The number of esters is 1. The molecule has 0 unspecified atom stereocenters. The summed E-state index contributed by atoms with van der Waals surface area (Å²) in [7, 11) is 1.32. The van der Waals surface area contributed by atoms with Gasteiger partial charge in [0.25, 0.3) is 0 Å². The lowest BCUT2D eigenvalue weighted by Gasteiger charge is -2.25. The van der Waals surface area contributed by atoms with Crippen molar-refractivity contribution in [3.63, 3.8) is 0 Å². The van der Waals surface area contributed by atoms with Crippen LogP contribution < -0.4 is 5.32 Å². The van der Waals surface area contributed by atoms with Crippen LogP contribution in [0.3, 0.4) is 0 Å². The fraction of sp³-hybridized carbons (Fsp3) is 0.556. The minimum atomic E-state index is -0.647. The van der Waals surface area contributed by atoms with Crippen molar-refractivity contribution < 1.29 is 19.4 Å². The van der Waals surface area contributed by atoms with Crippen molar-refractivity contribution in [3.8, 4) is 5.75 Å². The van der Waals surface area contributed by atoms with Crippen molar-refractivity contribution in [1.29, 1.82) is 0 Å². The molecular formula is C18H27NO4. The minimum absolute atomic E-state index is 0.0527. The summed E-state index contributed by atoms with van der Waals surface area (Å²) in [5, 5.41) is 12.2. The molecule has 0 fully saturated rings. The van der Waals surface area contributed by atoms with Crippen LogP contribution in [0.4, 0.5) is 0 Å². The maximum absolute atomic E-state index is 12.7. The van der Waals surface area contributed by atoms with Gasteiger partial charge in [-0.2, -0.15) is 0 Å². The Kier molecular flexibility index (Phi) is 7.07. The molecule has 0 bridgehead atoms. The lowest BCUT2D eigenvalue weighted by atomic mass is 9.87. The van der Waals surface area contributed by atoms with Crippen molar-refractivity contribution in [2.24, 2.45) is 11.8 Å². The number of benzene rings is 1. The molecule has 2 N–H and O–H groups in total. The number of amides is 1. The lowest BCUT2D eigenvalue weighted by molar-refractivity contribution is -0.145. The van der Waals surface area contributed by atoms with Crippen LogP contribution in [0, 0.1) is 11.8 Å². The van der Waals surface area contributed by atoms with Crippen LogP contribution >= 0.6 is 0 Å². The van der Waals surface area contributed by atoms with Gasteiger partial charge in [-0.1, -0.05) is 39.8 Å². The summed E-state index contributed by atoms with van der Waals surface area (Å²) in [5.41, 5.74) is 0.809. The molecule has 0 spiro atoms. The van der Waals surface area contributed by atoms with E-state index in [0.29, 0.717) is 6.42 Å². The first kappa shape index (κ1) is 19.0. The van der Waals surface area contributed by atoms with Gasteiger partial charge in [0.15, 0.2) is 0 Å². The van der Waals surface area contributed by atoms with Crippen LogP contribution in [0.25, 0.3) is 0 Å². The smallest absolute Gasteiger partial charge is 0.328 e. The van der Waals surface area contributed by atoms with Gasteiger partial charge in [-0.15, -0.1) is 0 Å². The lowest BCUT2D eigenvalue weighted by Crippen LogP contribution is -2.45. The third-order valence-electron chi connectivity index (χ3n) is 3.71. The van der Waals surface area contributed by atoms with Crippen molar-refractivity contribution in [2.45, 2.75) is 46.1 Å². The molecule has 0 aliphatic heterocycles. The average Bonchev–Trinajstić information content (AvgIpc) is 2.47. The Bertz CT molecular complexity index is 522. The standard InChI is InChI=1S/C18H27NO4/c1-11(2)10-15(18(22)23-5)19-17(21)16(12(3)4)13-6-8-14(20)9-7-13/h6-9,11-12,15-16,20H,10H2,1-5H3,(H,19,21)/t15-,16+/m0/s1. The van der Waals surface area contributed by atoms with Gasteiger partial charge in [-0.3, -0.25) is 4.79 Å². The van der Waals surface area contributed by atoms with E-state index in [1.54, 1.807) is 24.3 Å². The Morgan fingerprint density at radius 3 is 2.13 bits per heavy atom. The second-order valence-electron chi connectivity index (χ2n) is 6.53. The van der Waals surface area contributed by atoms with Gasteiger partial charge in [0.2, 0.25) is 5.91 Å². The van der Waals surface area contributed by atoms with Gasteiger partial charge in [0, 0.05) is 0 Å². The highest BCUT2D eigenvalue weighted by molar-refractivity contribution is 5.88. The highest BCUT2D eigenvalue weighted by Crippen LogP contribution is 2.26. The summed E-state index contributed by atoms with van der Waals surface area (Å²) in [4.78, 5) is 24.6. The number of carbonyl (C=O) groups excluding carboxylic acids is 2. The predicted octanol–water partition coefficient (Wildman–Crippen LogP) is 2.84.